The average Bonchev–Trinajstić information content (AvgIpc) is 2.78. The third-order valence-electron chi connectivity index (χ3n) is 4.47. The van der Waals surface area contributed by atoms with Crippen molar-refractivity contribution in [1.82, 2.24) is 0 Å². The van der Waals surface area contributed by atoms with Crippen molar-refractivity contribution < 1.29 is 14.3 Å². The molecule has 0 atom stereocenters. The first-order valence-electron chi connectivity index (χ1n) is 9.14. The predicted molar refractivity (Wildman–Crippen MR) is 112 cm³/mol. The van der Waals surface area contributed by atoms with Gasteiger partial charge in [0.25, 0.3) is 0 Å². The van der Waals surface area contributed by atoms with Gasteiger partial charge in [0.15, 0.2) is 0 Å². The number of benzene rings is 2. The summed E-state index contributed by atoms with van der Waals surface area (Å²) in [4.78, 5) is 26.8. The molecule has 0 bridgehead atoms. The molecular formula is C23H24N2O3. The topological polar surface area (TPSA) is 58.6 Å². The van der Waals surface area contributed by atoms with E-state index in [2.05, 4.69) is 11.9 Å². The number of anilines is 2. The Kier molecular flexibility index (Phi) is 5.64. The summed E-state index contributed by atoms with van der Waals surface area (Å²) in [5.41, 5.74) is 1.51. The molecule has 1 heterocycles. The molecule has 5 heteroatoms. The van der Waals surface area contributed by atoms with Gasteiger partial charge in [0.2, 0.25) is 11.8 Å². The van der Waals surface area contributed by atoms with Gasteiger partial charge in [-0.25, -0.2) is 0 Å². The van der Waals surface area contributed by atoms with Crippen molar-refractivity contribution >= 4 is 29.3 Å². The Balaban J connectivity index is 1.83. The zero-order valence-electron chi connectivity index (χ0n) is 16.1. The van der Waals surface area contributed by atoms with Gasteiger partial charge in [-0.3, -0.25) is 9.59 Å². The van der Waals surface area contributed by atoms with Crippen LogP contribution < -0.4 is 15.0 Å². The second-order valence-electron chi connectivity index (χ2n) is 7.29. The number of fused-ring (bicyclic) bond motifs is 1. The summed E-state index contributed by atoms with van der Waals surface area (Å²) < 4.78 is 5.85. The predicted octanol–water partition coefficient (Wildman–Crippen LogP) is 4.28. The molecule has 0 aromatic heterocycles. The number of rotatable bonds is 5. The first-order valence-corrected chi connectivity index (χ1v) is 9.14. The number of amides is 2. The van der Waals surface area contributed by atoms with Crippen molar-refractivity contribution in [2.24, 2.45) is 5.41 Å². The number of carbonyl (C=O) groups excluding carboxylic acids is 2. The van der Waals surface area contributed by atoms with Gasteiger partial charge in [0.1, 0.15) is 12.4 Å². The lowest BCUT2D eigenvalue weighted by molar-refractivity contribution is -0.127. The number of nitrogens with zero attached hydrogens (tertiary/aromatic N) is 1. The van der Waals surface area contributed by atoms with Gasteiger partial charge in [0.05, 0.1) is 11.1 Å². The number of carbonyl (C=O) groups is 2. The maximum Gasteiger partial charge on any atom is 0.248 e. The molecule has 1 aliphatic heterocycles. The quantitative estimate of drug-likeness (QED) is 0.626. The van der Waals surface area contributed by atoms with Crippen molar-refractivity contribution in [3.63, 3.8) is 0 Å². The molecule has 0 saturated heterocycles. The summed E-state index contributed by atoms with van der Waals surface area (Å²) >= 11 is 0. The van der Waals surface area contributed by atoms with E-state index in [0.717, 1.165) is 5.56 Å². The summed E-state index contributed by atoms with van der Waals surface area (Å²) in [6.07, 6.45) is 4.90. The highest BCUT2D eigenvalue weighted by molar-refractivity contribution is 6.04. The minimum absolute atomic E-state index is 0.0430. The van der Waals surface area contributed by atoms with E-state index in [9.17, 15) is 9.59 Å². The summed E-state index contributed by atoms with van der Waals surface area (Å²) in [5, 5.41) is 2.84. The lowest BCUT2D eigenvalue weighted by Crippen LogP contribution is -2.42. The molecule has 0 unspecified atom stereocenters. The van der Waals surface area contributed by atoms with E-state index >= 15 is 0 Å². The Hall–Kier alpha value is -3.34. The molecule has 3 rings (SSSR count). The molecule has 144 valence electrons. The summed E-state index contributed by atoms with van der Waals surface area (Å²) in [6, 6.07) is 14.9. The van der Waals surface area contributed by atoms with E-state index < -0.39 is 5.41 Å². The second kappa shape index (κ2) is 8.13. The maximum absolute atomic E-state index is 12.9. The Bertz CT molecular complexity index is 917. The van der Waals surface area contributed by atoms with Crippen molar-refractivity contribution in [3.8, 4) is 5.75 Å². The Labute approximate surface area is 165 Å². The molecule has 0 aliphatic carbocycles. The van der Waals surface area contributed by atoms with E-state index in [1.165, 1.54) is 6.08 Å². The van der Waals surface area contributed by atoms with Crippen molar-refractivity contribution in [2.45, 2.75) is 13.8 Å². The fourth-order valence-electron chi connectivity index (χ4n) is 2.95. The minimum atomic E-state index is -0.649. The smallest absolute Gasteiger partial charge is 0.248 e. The van der Waals surface area contributed by atoms with E-state index in [0.29, 0.717) is 23.7 Å². The highest BCUT2D eigenvalue weighted by Gasteiger charge is 2.37. The fourth-order valence-corrected chi connectivity index (χ4v) is 2.95. The molecule has 0 saturated carbocycles. The molecule has 2 aromatic rings. The zero-order chi connectivity index (χ0) is 20.1. The van der Waals surface area contributed by atoms with Crippen molar-refractivity contribution in [1.29, 1.82) is 0 Å². The number of hydrogen-bond acceptors (Lipinski definition) is 3. The van der Waals surface area contributed by atoms with Crippen LogP contribution in [0, 0.1) is 5.41 Å². The molecule has 28 heavy (non-hydrogen) atoms. The maximum atomic E-state index is 12.9. The largest absolute Gasteiger partial charge is 0.490 e. The van der Waals surface area contributed by atoms with Crippen LogP contribution in [0.25, 0.3) is 6.08 Å². The van der Waals surface area contributed by atoms with Crippen LogP contribution in [0.5, 0.6) is 5.75 Å². The van der Waals surface area contributed by atoms with Crippen LogP contribution in [-0.2, 0) is 9.59 Å². The van der Waals surface area contributed by atoms with E-state index in [4.69, 9.17) is 4.74 Å². The third-order valence-corrected chi connectivity index (χ3v) is 4.47. The summed E-state index contributed by atoms with van der Waals surface area (Å²) in [6.45, 7) is 8.12. The van der Waals surface area contributed by atoms with Gasteiger partial charge < -0.3 is 15.0 Å². The van der Waals surface area contributed by atoms with E-state index in [1.54, 1.807) is 35.3 Å². The van der Waals surface area contributed by atoms with Crippen molar-refractivity contribution in [3.05, 3.63) is 72.8 Å². The van der Waals surface area contributed by atoms with Crippen LogP contribution in [0.4, 0.5) is 11.4 Å². The first-order chi connectivity index (χ1) is 13.4. The Morgan fingerprint density at radius 1 is 1.25 bits per heavy atom. The molecule has 0 fully saturated rings. The summed E-state index contributed by atoms with van der Waals surface area (Å²) in [5.74, 6) is 0.317. The van der Waals surface area contributed by atoms with Crippen molar-refractivity contribution in [2.75, 3.05) is 23.4 Å². The van der Waals surface area contributed by atoms with Crippen LogP contribution in [0.1, 0.15) is 19.4 Å². The normalized spacial score (nSPS) is 15.5. The second-order valence-corrected chi connectivity index (χ2v) is 7.29. The van der Waals surface area contributed by atoms with Crippen LogP contribution in [-0.4, -0.2) is 25.0 Å². The number of ether oxygens (including phenoxy) is 1. The minimum Gasteiger partial charge on any atom is -0.490 e. The number of hydrogen-bond donors (Lipinski definition) is 1. The van der Waals surface area contributed by atoms with Gasteiger partial charge in [-0.15, -0.1) is 6.58 Å². The Morgan fingerprint density at radius 3 is 2.71 bits per heavy atom. The molecule has 1 aliphatic rings. The standard InChI is InChI=1S/C23H24N2O3/c1-4-14-25-19-15-18(11-12-20(19)28-16-23(2,3)22(25)27)24-21(26)13-10-17-8-6-5-7-9-17/h4-13,15H,1,14,16H2,2-3H3,(H,24,26)/b13-10+. The molecular weight excluding hydrogens is 352 g/mol. The zero-order valence-corrected chi connectivity index (χ0v) is 16.1. The van der Waals surface area contributed by atoms with Gasteiger partial charge in [0, 0.05) is 18.3 Å². The van der Waals surface area contributed by atoms with Crippen LogP contribution in [0.15, 0.2) is 67.3 Å². The molecule has 0 radical (unpaired) electrons. The van der Waals surface area contributed by atoms with Gasteiger partial charge in [-0.05, 0) is 43.7 Å². The highest BCUT2D eigenvalue weighted by atomic mass is 16.5. The fraction of sp³-hybridized carbons (Fsp3) is 0.217. The molecule has 2 amide bonds. The highest BCUT2D eigenvalue weighted by Crippen LogP contribution is 2.38. The van der Waals surface area contributed by atoms with E-state index in [-0.39, 0.29) is 18.4 Å². The molecule has 5 nitrogen and oxygen atoms in total. The van der Waals surface area contributed by atoms with Gasteiger partial charge in [-0.2, -0.15) is 0 Å². The summed E-state index contributed by atoms with van der Waals surface area (Å²) in [7, 11) is 0. The Morgan fingerprint density at radius 2 is 2.00 bits per heavy atom. The van der Waals surface area contributed by atoms with Gasteiger partial charge >= 0.3 is 0 Å². The van der Waals surface area contributed by atoms with Crippen LogP contribution >= 0.6 is 0 Å². The third kappa shape index (κ3) is 4.31. The molecule has 2 aromatic carbocycles. The van der Waals surface area contributed by atoms with Crippen LogP contribution in [0.3, 0.4) is 0 Å². The lowest BCUT2D eigenvalue weighted by atomic mass is 9.93. The SMILES string of the molecule is C=CCN1C(=O)C(C)(C)COc2ccc(NC(=O)/C=C/c3ccccc3)cc21. The molecule has 0 spiro atoms. The van der Waals surface area contributed by atoms with E-state index in [1.807, 2.05) is 44.2 Å². The average molecular weight is 376 g/mol. The van der Waals surface area contributed by atoms with Crippen LogP contribution in [0.2, 0.25) is 0 Å². The molecule has 1 N–H and O–H groups in total. The number of nitrogens with one attached hydrogen (secondary N) is 1. The van der Waals surface area contributed by atoms with Gasteiger partial charge in [-0.1, -0.05) is 36.4 Å². The first kappa shape index (κ1) is 19.4. The lowest BCUT2D eigenvalue weighted by Gasteiger charge is -2.27. The monoisotopic (exact) mass is 376 g/mol.